The molecule has 1 atom stereocenters. The molecule has 1 unspecified atom stereocenters. The molecular weight excluding hydrogens is 466 g/mol. The highest BCUT2D eigenvalue weighted by atomic mass is 35.5. The molecule has 1 amide bonds. The first-order valence-electron chi connectivity index (χ1n) is 11.5. The lowest BCUT2D eigenvalue weighted by atomic mass is 10.0. The number of benzene rings is 1. The van der Waals surface area contributed by atoms with Crippen LogP contribution in [0, 0.1) is 6.92 Å². The Bertz CT molecular complexity index is 1500. The van der Waals surface area contributed by atoms with Crippen molar-refractivity contribution < 1.29 is 4.79 Å². The maximum Gasteiger partial charge on any atom is 0.260 e. The van der Waals surface area contributed by atoms with Crippen LogP contribution in [-0.2, 0) is 11.3 Å². The van der Waals surface area contributed by atoms with Gasteiger partial charge in [-0.25, -0.2) is 4.98 Å². The van der Waals surface area contributed by atoms with Gasteiger partial charge in [-0.2, -0.15) is 4.98 Å². The summed E-state index contributed by atoms with van der Waals surface area (Å²) in [5, 5.41) is 7.20. The maximum atomic E-state index is 13.5. The van der Waals surface area contributed by atoms with E-state index in [0.717, 1.165) is 28.8 Å². The molecule has 178 valence electrons. The molecule has 1 aromatic carbocycles. The number of halogens is 1. The van der Waals surface area contributed by atoms with Gasteiger partial charge in [0.15, 0.2) is 0 Å². The fraction of sp³-hybridized carbons (Fsp3) is 0.280. The van der Waals surface area contributed by atoms with Crippen LogP contribution in [0.25, 0.3) is 33.4 Å². The van der Waals surface area contributed by atoms with E-state index in [1.54, 1.807) is 35.3 Å². The Kier molecular flexibility index (Phi) is 6.17. The summed E-state index contributed by atoms with van der Waals surface area (Å²) in [6, 6.07) is 7.26. The highest BCUT2D eigenvalue weighted by molar-refractivity contribution is 6.33. The van der Waals surface area contributed by atoms with Gasteiger partial charge in [-0.15, -0.1) is 0 Å². The van der Waals surface area contributed by atoms with E-state index in [1.165, 1.54) is 0 Å². The van der Waals surface area contributed by atoms with E-state index in [4.69, 9.17) is 11.6 Å². The molecule has 0 spiro atoms. The Morgan fingerprint density at radius 1 is 1.14 bits per heavy atom. The van der Waals surface area contributed by atoms with E-state index in [-0.39, 0.29) is 17.5 Å². The fourth-order valence-electron chi connectivity index (χ4n) is 4.38. The van der Waals surface area contributed by atoms with E-state index in [0.29, 0.717) is 47.3 Å². The van der Waals surface area contributed by atoms with Crippen molar-refractivity contribution in [2.75, 3.05) is 11.9 Å². The Morgan fingerprint density at radius 3 is 2.71 bits per heavy atom. The van der Waals surface area contributed by atoms with E-state index in [1.807, 2.05) is 26.0 Å². The van der Waals surface area contributed by atoms with Crippen LogP contribution in [0.4, 0.5) is 5.95 Å². The zero-order chi connectivity index (χ0) is 24.5. The second-order valence-corrected chi connectivity index (χ2v) is 8.86. The van der Waals surface area contributed by atoms with Crippen LogP contribution in [0.2, 0.25) is 5.02 Å². The Morgan fingerprint density at radius 2 is 1.97 bits per heavy atom. The largest absolute Gasteiger partial charge is 0.356 e. The molecule has 1 saturated heterocycles. The smallest absolute Gasteiger partial charge is 0.260 e. The predicted molar refractivity (Wildman–Crippen MR) is 135 cm³/mol. The lowest BCUT2D eigenvalue weighted by Gasteiger charge is -2.23. The highest BCUT2D eigenvalue weighted by Gasteiger charge is 2.21. The molecule has 10 heteroatoms. The number of nitrogens with zero attached hydrogens (tertiary/aromatic N) is 5. The van der Waals surface area contributed by atoms with Crippen LogP contribution in [0.3, 0.4) is 0 Å². The number of amides is 1. The molecule has 0 radical (unpaired) electrons. The second kappa shape index (κ2) is 9.42. The van der Waals surface area contributed by atoms with Crippen LogP contribution < -0.4 is 16.2 Å². The minimum absolute atomic E-state index is 0.00186. The van der Waals surface area contributed by atoms with Crippen molar-refractivity contribution >= 4 is 34.5 Å². The molecule has 4 aromatic rings. The summed E-state index contributed by atoms with van der Waals surface area (Å²) in [7, 11) is 0. The predicted octanol–water partition coefficient (Wildman–Crippen LogP) is 3.59. The van der Waals surface area contributed by atoms with Crippen molar-refractivity contribution in [2.24, 2.45) is 0 Å². The number of nitrogens with one attached hydrogen (secondary N) is 2. The van der Waals surface area contributed by atoms with E-state index in [2.05, 4.69) is 30.6 Å². The number of hydrogen-bond acceptors (Lipinski definition) is 7. The van der Waals surface area contributed by atoms with Crippen molar-refractivity contribution in [1.29, 1.82) is 0 Å². The van der Waals surface area contributed by atoms with Crippen LogP contribution in [0.1, 0.15) is 25.5 Å². The molecule has 1 aliphatic rings. The Balaban J connectivity index is 1.54. The van der Waals surface area contributed by atoms with Crippen LogP contribution in [0.15, 0.2) is 47.7 Å². The molecular formula is C25H24ClN7O2. The first-order chi connectivity index (χ1) is 16.9. The van der Waals surface area contributed by atoms with Gasteiger partial charge >= 0.3 is 0 Å². The molecule has 5 rings (SSSR count). The van der Waals surface area contributed by atoms with Crippen molar-refractivity contribution in [3.05, 3.63) is 63.9 Å². The SMILES string of the molecule is CCn1c(=O)c(-c2ccc(-c3nccnc3C)cc2Cl)cc2cnc(NC3CCNC(=O)C3)nc21. The first-order valence-corrected chi connectivity index (χ1v) is 11.8. The van der Waals surface area contributed by atoms with Crippen LogP contribution in [-0.4, -0.2) is 43.0 Å². The molecule has 0 aliphatic carbocycles. The molecule has 4 heterocycles. The standard InChI is InChI=1S/C25H24ClN7O2/c1-3-33-23-16(13-30-25(32-23)31-17-6-7-28-21(34)12-17)10-19(24(33)35)18-5-4-15(11-20(18)26)22-14(2)27-8-9-29-22/h4-5,8-11,13,17H,3,6-7,12H2,1-2H3,(H,28,34)(H,30,31,32). The number of carbonyl (C=O) groups excluding carboxylic acids is 1. The summed E-state index contributed by atoms with van der Waals surface area (Å²) in [5.41, 5.74) is 3.81. The van der Waals surface area contributed by atoms with Gasteiger partial charge in [0.05, 0.1) is 11.4 Å². The maximum absolute atomic E-state index is 13.5. The number of rotatable bonds is 5. The number of aromatic nitrogens is 5. The number of piperidine rings is 1. The zero-order valence-electron chi connectivity index (χ0n) is 19.4. The summed E-state index contributed by atoms with van der Waals surface area (Å²) in [6.45, 7) is 4.83. The Hall–Kier alpha value is -3.85. The quantitative estimate of drug-likeness (QED) is 0.440. The van der Waals surface area contributed by atoms with Crippen LogP contribution >= 0.6 is 11.6 Å². The monoisotopic (exact) mass is 489 g/mol. The third kappa shape index (κ3) is 4.46. The molecule has 0 bridgehead atoms. The lowest BCUT2D eigenvalue weighted by molar-refractivity contribution is -0.122. The summed E-state index contributed by atoms with van der Waals surface area (Å²) >= 11 is 6.66. The summed E-state index contributed by atoms with van der Waals surface area (Å²) in [5.74, 6) is 0.398. The third-order valence-corrected chi connectivity index (χ3v) is 6.45. The number of pyridine rings is 1. The summed E-state index contributed by atoms with van der Waals surface area (Å²) < 4.78 is 1.61. The minimum Gasteiger partial charge on any atom is -0.356 e. The van der Waals surface area contributed by atoms with Gasteiger partial charge in [0.25, 0.3) is 5.56 Å². The van der Waals surface area contributed by atoms with Gasteiger partial charge in [-0.05, 0) is 32.4 Å². The number of aryl methyl sites for hydroxylation is 2. The molecule has 1 aliphatic heterocycles. The number of hydrogen-bond donors (Lipinski definition) is 2. The second-order valence-electron chi connectivity index (χ2n) is 8.45. The van der Waals surface area contributed by atoms with Gasteiger partial charge in [-0.3, -0.25) is 24.1 Å². The number of anilines is 1. The van der Waals surface area contributed by atoms with Crippen molar-refractivity contribution in [2.45, 2.75) is 39.3 Å². The highest BCUT2D eigenvalue weighted by Crippen LogP contribution is 2.32. The first kappa shape index (κ1) is 22.9. The minimum atomic E-state index is -0.188. The van der Waals surface area contributed by atoms with Gasteiger partial charge in [-0.1, -0.05) is 23.7 Å². The van der Waals surface area contributed by atoms with E-state index in [9.17, 15) is 9.59 Å². The molecule has 1 fully saturated rings. The van der Waals surface area contributed by atoms with Gasteiger partial charge in [0.2, 0.25) is 11.9 Å². The van der Waals surface area contributed by atoms with E-state index >= 15 is 0 Å². The van der Waals surface area contributed by atoms with Crippen LogP contribution in [0.5, 0.6) is 0 Å². The summed E-state index contributed by atoms with van der Waals surface area (Å²) in [6.07, 6.45) is 6.12. The average Bonchev–Trinajstić information content (AvgIpc) is 2.84. The average molecular weight is 490 g/mol. The molecule has 0 saturated carbocycles. The number of fused-ring (bicyclic) bond motifs is 1. The van der Waals surface area contributed by atoms with Crippen molar-refractivity contribution in [1.82, 2.24) is 29.8 Å². The zero-order valence-corrected chi connectivity index (χ0v) is 20.1. The Labute approximate surface area is 206 Å². The van der Waals surface area contributed by atoms with Gasteiger partial charge in [0, 0.05) is 71.2 Å². The van der Waals surface area contributed by atoms with Crippen molar-refractivity contribution in [3.8, 4) is 22.4 Å². The fourth-order valence-corrected chi connectivity index (χ4v) is 4.66. The molecule has 2 N–H and O–H groups in total. The number of carbonyl (C=O) groups is 1. The summed E-state index contributed by atoms with van der Waals surface area (Å²) in [4.78, 5) is 42.9. The van der Waals surface area contributed by atoms with Gasteiger partial charge < -0.3 is 10.6 Å². The normalized spacial score (nSPS) is 15.7. The molecule has 3 aromatic heterocycles. The van der Waals surface area contributed by atoms with E-state index < -0.39 is 0 Å². The molecule has 35 heavy (non-hydrogen) atoms. The third-order valence-electron chi connectivity index (χ3n) is 6.14. The van der Waals surface area contributed by atoms with Crippen molar-refractivity contribution in [3.63, 3.8) is 0 Å². The topological polar surface area (TPSA) is 115 Å². The molecule has 9 nitrogen and oxygen atoms in total. The van der Waals surface area contributed by atoms with Gasteiger partial charge in [0.1, 0.15) is 5.65 Å². The lowest BCUT2D eigenvalue weighted by Crippen LogP contribution is -2.40.